The number of carbonyl (C=O) groups excluding carboxylic acids is 1. The van der Waals surface area contributed by atoms with Crippen LogP contribution < -0.4 is 24.3 Å². The van der Waals surface area contributed by atoms with E-state index in [1.54, 1.807) is 54.9 Å². The number of hydrogen-bond acceptors (Lipinski definition) is 7. The molecule has 2 aromatic carbocycles. The van der Waals surface area contributed by atoms with Crippen molar-refractivity contribution >= 4 is 11.6 Å². The molecule has 1 aromatic heterocycles. The Morgan fingerprint density at radius 2 is 1.55 bits per heavy atom. The molecular formula is C21H21N3O5. The van der Waals surface area contributed by atoms with Gasteiger partial charge >= 0.3 is 6.01 Å². The van der Waals surface area contributed by atoms with Crippen molar-refractivity contribution in [3.8, 4) is 29.0 Å². The van der Waals surface area contributed by atoms with Gasteiger partial charge < -0.3 is 24.3 Å². The lowest BCUT2D eigenvalue weighted by molar-refractivity contribution is -0.115. The van der Waals surface area contributed by atoms with Crippen molar-refractivity contribution in [2.45, 2.75) is 6.42 Å². The number of rotatable bonds is 8. The number of hydrogen-bond donors (Lipinski definition) is 1. The second-order valence-corrected chi connectivity index (χ2v) is 5.92. The Hall–Kier alpha value is -3.81. The summed E-state index contributed by atoms with van der Waals surface area (Å²) in [6.07, 6.45) is 3.34. The molecule has 0 saturated heterocycles. The zero-order valence-corrected chi connectivity index (χ0v) is 16.3. The molecule has 0 spiro atoms. The van der Waals surface area contributed by atoms with Crippen LogP contribution in [0.3, 0.4) is 0 Å². The van der Waals surface area contributed by atoms with Crippen molar-refractivity contribution in [2.24, 2.45) is 0 Å². The van der Waals surface area contributed by atoms with E-state index in [9.17, 15) is 4.79 Å². The number of carbonyl (C=O) groups is 1. The lowest BCUT2D eigenvalue weighted by Gasteiger charge is -2.14. The minimum absolute atomic E-state index is 0.146. The Morgan fingerprint density at radius 1 is 0.931 bits per heavy atom. The van der Waals surface area contributed by atoms with Crippen molar-refractivity contribution in [3.05, 3.63) is 60.4 Å². The lowest BCUT2D eigenvalue weighted by Crippen LogP contribution is -2.14. The van der Waals surface area contributed by atoms with Crippen molar-refractivity contribution in [3.63, 3.8) is 0 Å². The van der Waals surface area contributed by atoms with Gasteiger partial charge in [0.15, 0.2) is 11.5 Å². The molecule has 3 aromatic rings. The Labute approximate surface area is 168 Å². The molecule has 0 aliphatic rings. The average Bonchev–Trinajstić information content (AvgIpc) is 2.75. The van der Waals surface area contributed by atoms with Gasteiger partial charge in [0.1, 0.15) is 5.75 Å². The average molecular weight is 395 g/mol. The number of benzene rings is 2. The standard InChI is InChI=1S/C21H21N3O5/c1-26-17-11-14(12-18(27-2)20(17)28-3)13-19(25)24-15-5-7-16(8-6-15)29-21-22-9-4-10-23-21/h4-12H,13H2,1-3H3,(H,24,25). The van der Waals surface area contributed by atoms with Crippen LogP contribution in [0.2, 0.25) is 0 Å². The van der Waals surface area contributed by atoms with Gasteiger partial charge in [-0.05, 0) is 48.0 Å². The van der Waals surface area contributed by atoms with Crippen LogP contribution in [0, 0.1) is 0 Å². The van der Waals surface area contributed by atoms with E-state index < -0.39 is 0 Å². The number of nitrogens with zero attached hydrogens (tertiary/aromatic N) is 2. The Balaban J connectivity index is 1.65. The zero-order valence-electron chi connectivity index (χ0n) is 16.3. The number of amides is 1. The molecule has 0 bridgehead atoms. The first-order valence-corrected chi connectivity index (χ1v) is 8.76. The molecule has 0 fully saturated rings. The maximum Gasteiger partial charge on any atom is 0.321 e. The summed E-state index contributed by atoms with van der Waals surface area (Å²) in [5.41, 5.74) is 1.38. The van der Waals surface area contributed by atoms with Gasteiger partial charge in [0, 0.05) is 18.1 Å². The molecule has 0 atom stereocenters. The highest BCUT2D eigenvalue weighted by atomic mass is 16.5. The second-order valence-electron chi connectivity index (χ2n) is 5.92. The molecule has 150 valence electrons. The van der Waals surface area contributed by atoms with Crippen LogP contribution >= 0.6 is 0 Å². The van der Waals surface area contributed by atoms with Gasteiger partial charge in [-0.1, -0.05) is 0 Å². The minimum atomic E-state index is -0.181. The van der Waals surface area contributed by atoms with Gasteiger partial charge in [0.05, 0.1) is 27.8 Å². The third-order valence-electron chi connectivity index (χ3n) is 3.98. The van der Waals surface area contributed by atoms with E-state index in [2.05, 4.69) is 15.3 Å². The number of anilines is 1. The van der Waals surface area contributed by atoms with Gasteiger partial charge in [-0.3, -0.25) is 4.79 Å². The molecule has 3 rings (SSSR count). The topological polar surface area (TPSA) is 91.8 Å². The van der Waals surface area contributed by atoms with Crippen LogP contribution in [0.5, 0.6) is 29.0 Å². The Morgan fingerprint density at radius 3 is 2.10 bits per heavy atom. The second kappa shape index (κ2) is 9.41. The largest absolute Gasteiger partial charge is 0.493 e. The molecule has 0 aliphatic heterocycles. The highest BCUT2D eigenvalue weighted by Crippen LogP contribution is 2.38. The van der Waals surface area contributed by atoms with Gasteiger partial charge in [0.25, 0.3) is 0 Å². The number of aromatic nitrogens is 2. The summed E-state index contributed by atoms with van der Waals surface area (Å²) in [6.45, 7) is 0. The summed E-state index contributed by atoms with van der Waals surface area (Å²) in [5, 5.41) is 2.85. The molecule has 0 radical (unpaired) electrons. The summed E-state index contributed by atoms with van der Waals surface area (Å²) >= 11 is 0. The van der Waals surface area contributed by atoms with Crippen LogP contribution in [0.25, 0.3) is 0 Å². The molecule has 8 nitrogen and oxygen atoms in total. The van der Waals surface area contributed by atoms with E-state index in [4.69, 9.17) is 18.9 Å². The lowest BCUT2D eigenvalue weighted by atomic mass is 10.1. The first kappa shape index (κ1) is 19.9. The van der Waals surface area contributed by atoms with E-state index in [0.717, 1.165) is 5.56 Å². The highest BCUT2D eigenvalue weighted by molar-refractivity contribution is 5.92. The third-order valence-corrected chi connectivity index (χ3v) is 3.98. The molecule has 0 aliphatic carbocycles. The summed E-state index contributed by atoms with van der Waals surface area (Å²) in [7, 11) is 4.60. The molecule has 0 unspecified atom stereocenters. The fourth-order valence-electron chi connectivity index (χ4n) is 2.68. The summed E-state index contributed by atoms with van der Waals surface area (Å²) < 4.78 is 21.5. The quantitative estimate of drug-likeness (QED) is 0.624. The van der Waals surface area contributed by atoms with E-state index >= 15 is 0 Å². The molecular weight excluding hydrogens is 374 g/mol. The molecule has 0 saturated carbocycles. The van der Waals surface area contributed by atoms with E-state index in [1.165, 1.54) is 21.3 Å². The Bertz CT molecular complexity index is 937. The van der Waals surface area contributed by atoms with Crippen LogP contribution in [0.1, 0.15) is 5.56 Å². The number of methoxy groups -OCH3 is 3. The summed E-state index contributed by atoms with van der Waals surface area (Å²) in [6, 6.07) is 12.4. The monoisotopic (exact) mass is 395 g/mol. The maximum atomic E-state index is 12.4. The normalized spacial score (nSPS) is 10.2. The van der Waals surface area contributed by atoms with Crippen LogP contribution in [-0.4, -0.2) is 37.2 Å². The fraction of sp³-hybridized carbons (Fsp3) is 0.190. The van der Waals surface area contributed by atoms with Gasteiger partial charge in [0.2, 0.25) is 11.7 Å². The third kappa shape index (κ3) is 5.13. The van der Waals surface area contributed by atoms with Crippen molar-refractivity contribution in [2.75, 3.05) is 26.6 Å². The van der Waals surface area contributed by atoms with Crippen molar-refractivity contribution < 1.29 is 23.7 Å². The van der Waals surface area contributed by atoms with Gasteiger partial charge in [-0.25, -0.2) is 9.97 Å². The van der Waals surface area contributed by atoms with Crippen molar-refractivity contribution in [1.82, 2.24) is 9.97 Å². The first-order valence-electron chi connectivity index (χ1n) is 8.76. The first-order chi connectivity index (χ1) is 14.1. The molecule has 1 heterocycles. The smallest absolute Gasteiger partial charge is 0.321 e. The van der Waals surface area contributed by atoms with Gasteiger partial charge in [-0.15, -0.1) is 0 Å². The summed E-state index contributed by atoms with van der Waals surface area (Å²) in [4.78, 5) is 20.4. The van der Waals surface area contributed by atoms with Gasteiger partial charge in [-0.2, -0.15) is 0 Å². The number of nitrogens with one attached hydrogen (secondary N) is 1. The molecule has 1 amide bonds. The Kier molecular flexibility index (Phi) is 6.47. The van der Waals surface area contributed by atoms with E-state index in [1.807, 2.05) is 0 Å². The highest BCUT2D eigenvalue weighted by Gasteiger charge is 2.15. The molecule has 1 N–H and O–H groups in total. The van der Waals surface area contributed by atoms with E-state index in [-0.39, 0.29) is 18.3 Å². The van der Waals surface area contributed by atoms with Crippen LogP contribution in [-0.2, 0) is 11.2 Å². The van der Waals surface area contributed by atoms with Crippen LogP contribution in [0.15, 0.2) is 54.9 Å². The molecule has 8 heteroatoms. The minimum Gasteiger partial charge on any atom is -0.493 e. The SMILES string of the molecule is COc1cc(CC(=O)Nc2ccc(Oc3ncccn3)cc2)cc(OC)c1OC. The van der Waals surface area contributed by atoms with Crippen LogP contribution in [0.4, 0.5) is 5.69 Å². The predicted molar refractivity (Wildman–Crippen MR) is 107 cm³/mol. The van der Waals surface area contributed by atoms with E-state index in [0.29, 0.717) is 28.7 Å². The summed E-state index contributed by atoms with van der Waals surface area (Å²) in [5.74, 6) is 1.87. The maximum absolute atomic E-state index is 12.4. The van der Waals surface area contributed by atoms with Crippen molar-refractivity contribution in [1.29, 1.82) is 0 Å². The molecule has 29 heavy (non-hydrogen) atoms. The zero-order chi connectivity index (χ0) is 20.6. The number of ether oxygens (including phenoxy) is 4. The fourth-order valence-corrected chi connectivity index (χ4v) is 2.68. The predicted octanol–water partition coefficient (Wildman–Crippen LogP) is 3.48.